The van der Waals surface area contributed by atoms with Crippen LogP contribution in [0.25, 0.3) is 0 Å². The van der Waals surface area contributed by atoms with Gasteiger partial charge in [0, 0.05) is 36.0 Å². The van der Waals surface area contributed by atoms with Crippen molar-refractivity contribution in [1.82, 2.24) is 9.97 Å². The standard InChI is InChI=1S/C19H22ClN5O3/c1-12-8-18(24-19(22)23-12)25-5-3-6-27-11-15(25)13-9-16(26-2)17(10-14(13)20)28-7-4-21/h8-10,15H,3,5-7,11H2,1-2H3,(H2,22,23,24)/t15-/m1/s1. The minimum Gasteiger partial charge on any atom is -0.493 e. The van der Waals surface area contributed by atoms with Crippen LogP contribution in [0, 0.1) is 18.3 Å². The van der Waals surface area contributed by atoms with E-state index in [0.29, 0.717) is 29.7 Å². The van der Waals surface area contributed by atoms with E-state index in [-0.39, 0.29) is 18.6 Å². The second kappa shape index (κ2) is 8.95. The summed E-state index contributed by atoms with van der Waals surface area (Å²) in [4.78, 5) is 10.7. The zero-order chi connectivity index (χ0) is 20.1. The van der Waals surface area contributed by atoms with Gasteiger partial charge in [0.15, 0.2) is 18.1 Å². The molecule has 0 radical (unpaired) electrons. The Morgan fingerprint density at radius 3 is 2.89 bits per heavy atom. The number of aromatic nitrogens is 2. The maximum Gasteiger partial charge on any atom is 0.222 e. The average molecular weight is 404 g/mol. The molecule has 1 aromatic carbocycles. The second-order valence-electron chi connectivity index (χ2n) is 6.33. The molecule has 0 amide bonds. The monoisotopic (exact) mass is 403 g/mol. The molecule has 3 rings (SSSR count). The van der Waals surface area contributed by atoms with Crippen LogP contribution < -0.4 is 20.1 Å². The van der Waals surface area contributed by atoms with Crippen LogP contribution in [0.4, 0.5) is 11.8 Å². The van der Waals surface area contributed by atoms with E-state index in [0.717, 1.165) is 30.0 Å². The molecule has 0 saturated carbocycles. The first-order valence-corrected chi connectivity index (χ1v) is 9.24. The molecule has 0 aliphatic carbocycles. The first-order valence-electron chi connectivity index (χ1n) is 8.86. The van der Waals surface area contributed by atoms with Crippen LogP contribution in [-0.4, -0.2) is 43.4 Å². The number of anilines is 2. The zero-order valence-electron chi connectivity index (χ0n) is 15.8. The van der Waals surface area contributed by atoms with Crippen LogP contribution in [0.5, 0.6) is 11.5 Å². The molecule has 28 heavy (non-hydrogen) atoms. The van der Waals surface area contributed by atoms with E-state index in [1.165, 1.54) is 0 Å². The summed E-state index contributed by atoms with van der Waals surface area (Å²) in [6, 6.07) is 7.12. The van der Waals surface area contributed by atoms with Gasteiger partial charge in [0.25, 0.3) is 0 Å². The fourth-order valence-corrected chi connectivity index (χ4v) is 3.50. The van der Waals surface area contributed by atoms with Gasteiger partial charge in [-0.15, -0.1) is 0 Å². The fraction of sp³-hybridized carbons (Fsp3) is 0.421. The van der Waals surface area contributed by atoms with Gasteiger partial charge in [-0.05, 0) is 25.0 Å². The fourth-order valence-electron chi connectivity index (χ4n) is 3.22. The highest BCUT2D eigenvalue weighted by Crippen LogP contribution is 2.39. The molecule has 9 heteroatoms. The van der Waals surface area contributed by atoms with Crippen LogP contribution in [-0.2, 0) is 4.74 Å². The summed E-state index contributed by atoms with van der Waals surface area (Å²) in [6.45, 7) is 3.59. The quantitative estimate of drug-likeness (QED) is 0.812. The molecule has 0 spiro atoms. The number of aryl methyl sites for hydroxylation is 1. The molecule has 1 aliphatic heterocycles. The first-order chi connectivity index (χ1) is 13.5. The van der Waals surface area contributed by atoms with Crippen molar-refractivity contribution >= 4 is 23.4 Å². The van der Waals surface area contributed by atoms with Gasteiger partial charge in [-0.3, -0.25) is 0 Å². The van der Waals surface area contributed by atoms with Gasteiger partial charge in [-0.1, -0.05) is 11.6 Å². The van der Waals surface area contributed by atoms with Gasteiger partial charge in [0.2, 0.25) is 5.95 Å². The summed E-state index contributed by atoms with van der Waals surface area (Å²) >= 11 is 6.58. The highest BCUT2D eigenvalue weighted by Gasteiger charge is 2.28. The normalized spacial score (nSPS) is 16.9. The Kier molecular flexibility index (Phi) is 6.39. The predicted molar refractivity (Wildman–Crippen MR) is 106 cm³/mol. The van der Waals surface area contributed by atoms with Crippen molar-refractivity contribution in [2.75, 3.05) is 44.1 Å². The smallest absolute Gasteiger partial charge is 0.222 e. The third-order valence-electron chi connectivity index (χ3n) is 4.43. The van der Waals surface area contributed by atoms with Gasteiger partial charge in [-0.2, -0.15) is 10.2 Å². The van der Waals surface area contributed by atoms with Crippen molar-refractivity contribution in [3.63, 3.8) is 0 Å². The molecule has 2 aromatic rings. The maximum atomic E-state index is 8.76. The summed E-state index contributed by atoms with van der Waals surface area (Å²) in [7, 11) is 1.54. The highest BCUT2D eigenvalue weighted by molar-refractivity contribution is 6.31. The number of nitriles is 1. The number of nitrogens with two attached hydrogens (primary N) is 1. The molecule has 148 valence electrons. The number of halogens is 1. The van der Waals surface area contributed by atoms with Gasteiger partial charge >= 0.3 is 0 Å². The topological polar surface area (TPSA) is 107 Å². The van der Waals surface area contributed by atoms with Crippen molar-refractivity contribution < 1.29 is 14.2 Å². The van der Waals surface area contributed by atoms with Crippen molar-refractivity contribution in [2.24, 2.45) is 0 Å². The Morgan fingerprint density at radius 1 is 1.36 bits per heavy atom. The molecule has 1 saturated heterocycles. The van der Waals surface area contributed by atoms with Gasteiger partial charge < -0.3 is 24.8 Å². The van der Waals surface area contributed by atoms with Gasteiger partial charge in [0.05, 0.1) is 19.8 Å². The lowest BCUT2D eigenvalue weighted by Crippen LogP contribution is -2.32. The van der Waals surface area contributed by atoms with E-state index in [1.54, 1.807) is 13.2 Å². The van der Waals surface area contributed by atoms with E-state index in [4.69, 9.17) is 36.8 Å². The van der Waals surface area contributed by atoms with E-state index in [2.05, 4.69) is 14.9 Å². The van der Waals surface area contributed by atoms with Crippen LogP contribution in [0.3, 0.4) is 0 Å². The average Bonchev–Trinajstić information content (AvgIpc) is 2.91. The molecule has 1 fully saturated rings. The molecule has 8 nitrogen and oxygen atoms in total. The van der Waals surface area contributed by atoms with Crippen molar-refractivity contribution in [3.05, 3.63) is 34.5 Å². The summed E-state index contributed by atoms with van der Waals surface area (Å²) in [6.07, 6.45) is 0.845. The summed E-state index contributed by atoms with van der Waals surface area (Å²) in [5.41, 5.74) is 7.47. The number of hydrogen-bond donors (Lipinski definition) is 1. The number of rotatable bonds is 5. The number of nitrogens with zero attached hydrogens (tertiary/aromatic N) is 4. The molecule has 2 heterocycles. The Balaban J connectivity index is 2.03. The molecule has 1 aliphatic rings. The lowest BCUT2D eigenvalue weighted by atomic mass is 10.0. The highest BCUT2D eigenvalue weighted by atomic mass is 35.5. The van der Waals surface area contributed by atoms with Crippen LogP contribution in [0.15, 0.2) is 18.2 Å². The largest absolute Gasteiger partial charge is 0.493 e. The first kappa shape index (κ1) is 20.0. The van der Waals surface area contributed by atoms with Crippen LogP contribution in [0.2, 0.25) is 5.02 Å². The molecular formula is C19H22ClN5O3. The van der Waals surface area contributed by atoms with Crippen LogP contribution in [0.1, 0.15) is 23.7 Å². The van der Waals surface area contributed by atoms with Crippen molar-refractivity contribution in [1.29, 1.82) is 5.26 Å². The van der Waals surface area contributed by atoms with E-state index in [1.807, 2.05) is 25.1 Å². The molecule has 0 bridgehead atoms. The Bertz CT molecular complexity index is 866. The third-order valence-corrected chi connectivity index (χ3v) is 4.75. The molecule has 0 unspecified atom stereocenters. The van der Waals surface area contributed by atoms with Gasteiger partial charge in [0.1, 0.15) is 11.9 Å². The van der Waals surface area contributed by atoms with E-state index in [9.17, 15) is 0 Å². The molecule has 1 aromatic heterocycles. The minimum atomic E-state index is -0.192. The molecular weight excluding hydrogens is 382 g/mol. The SMILES string of the molecule is COc1cc([C@H]2COCCCN2c2cc(C)nc(N)n2)c(Cl)cc1OCC#N. The van der Waals surface area contributed by atoms with Crippen LogP contribution >= 0.6 is 11.6 Å². The van der Waals surface area contributed by atoms with Crippen molar-refractivity contribution in [2.45, 2.75) is 19.4 Å². The van der Waals surface area contributed by atoms with Gasteiger partial charge in [-0.25, -0.2) is 4.98 Å². The number of ether oxygens (including phenoxy) is 3. The Morgan fingerprint density at radius 2 is 2.18 bits per heavy atom. The minimum absolute atomic E-state index is 0.0931. The second-order valence-corrected chi connectivity index (χ2v) is 6.74. The maximum absolute atomic E-state index is 8.76. The Labute approximate surface area is 168 Å². The van der Waals surface area contributed by atoms with E-state index >= 15 is 0 Å². The number of hydrogen-bond acceptors (Lipinski definition) is 8. The molecule has 1 atom stereocenters. The lowest BCUT2D eigenvalue weighted by Gasteiger charge is -2.32. The number of benzene rings is 1. The summed E-state index contributed by atoms with van der Waals surface area (Å²) < 4.78 is 16.7. The lowest BCUT2D eigenvalue weighted by molar-refractivity contribution is 0.134. The zero-order valence-corrected chi connectivity index (χ0v) is 16.6. The summed E-state index contributed by atoms with van der Waals surface area (Å²) in [5.74, 6) is 1.86. The molecule has 2 N–H and O–H groups in total. The predicted octanol–water partition coefficient (Wildman–Crippen LogP) is 2.90. The van der Waals surface area contributed by atoms with E-state index < -0.39 is 0 Å². The summed E-state index contributed by atoms with van der Waals surface area (Å²) in [5, 5.41) is 9.25. The number of nitrogen functional groups attached to an aromatic ring is 1. The van der Waals surface area contributed by atoms with Crippen molar-refractivity contribution in [3.8, 4) is 17.6 Å². The Hall–Kier alpha value is -2.76. The number of methoxy groups -OCH3 is 1. The third kappa shape index (κ3) is 4.38.